The molecule has 0 amide bonds. The van der Waals surface area contributed by atoms with Gasteiger partial charge in [-0.05, 0) is 18.6 Å². The predicted molar refractivity (Wildman–Crippen MR) is 64.4 cm³/mol. The van der Waals surface area contributed by atoms with Crippen molar-refractivity contribution < 1.29 is 13.2 Å². The van der Waals surface area contributed by atoms with Gasteiger partial charge in [0, 0.05) is 0 Å². The fourth-order valence-electron chi connectivity index (χ4n) is 1.29. The van der Waals surface area contributed by atoms with Crippen molar-refractivity contribution in [2.45, 2.75) is 25.2 Å². The molecule has 2 N–H and O–H groups in total. The second-order valence-corrected chi connectivity index (χ2v) is 5.67. The molecule has 0 radical (unpaired) electrons. The largest absolute Gasteiger partial charge is 0.491 e. The van der Waals surface area contributed by atoms with Crippen LogP contribution in [0.25, 0.3) is 0 Å². The molecule has 1 rings (SSSR count). The van der Waals surface area contributed by atoms with Gasteiger partial charge in [0.1, 0.15) is 5.75 Å². The van der Waals surface area contributed by atoms with E-state index < -0.39 is 9.84 Å². The van der Waals surface area contributed by atoms with Gasteiger partial charge in [-0.15, -0.1) is 0 Å². The fourth-order valence-corrected chi connectivity index (χ4v) is 2.32. The maximum atomic E-state index is 11.7. The highest BCUT2D eigenvalue weighted by atomic mass is 32.2. The van der Waals surface area contributed by atoms with E-state index in [1.54, 1.807) is 19.1 Å². The van der Waals surface area contributed by atoms with Gasteiger partial charge in [0.2, 0.25) is 0 Å². The Bertz CT molecular complexity index is 454. The Morgan fingerprint density at radius 1 is 1.31 bits per heavy atom. The van der Waals surface area contributed by atoms with E-state index in [0.717, 1.165) is 6.42 Å². The zero-order valence-corrected chi connectivity index (χ0v) is 10.4. The van der Waals surface area contributed by atoms with Crippen LogP contribution in [0.5, 0.6) is 5.75 Å². The third-order valence-electron chi connectivity index (χ3n) is 2.20. The molecule has 0 spiro atoms. The lowest BCUT2D eigenvalue weighted by Crippen LogP contribution is -2.09. The maximum Gasteiger partial charge on any atom is 0.180 e. The Balaban J connectivity index is 3.14. The minimum atomic E-state index is -3.28. The van der Waals surface area contributed by atoms with Gasteiger partial charge in [0.25, 0.3) is 0 Å². The molecule has 0 fully saturated rings. The average molecular weight is 243 g/mol. The van der Waals surface area contributed by atoms with E-state index in [1.165, 1.54) is 6.07 Å². The van der Waals surface area contributed by atoms with Crippen molar-refractivity contribution in [3.8, 4) is 5.75 Å². The van der Waals surface area contributed by atoms with Gasteiger partial charge >= 0.3 is 0 Å². The summed E-state index contributed by atoms with van der Waals surface area (Å²) in [6, 6.07) is 4.83. The molecule has 1 aromatic rings. The van der Waals surface area contributed by atoms with E-state index in [0.29, 0.717) is 12.4 Å². The van der Waals surface area contributed by atoms with Crippen molar-refractivity contribution in [1.29, 1.82) is 0 Å². The number of anilines is 1. The first kappa shape index (κ1) is 12.8. The predicted octanol–water partition coefficient (Wildman–Crippen LogP) is 1.85. The molecule has 0 bridgehead atoms. The monoisotopic (exact) mass is 243 g/mol. The molecular weight excluding hydrogens is 226 g/mol. The lowest BCUT2D eigenvalue weighted by molar-refractivity contribution is 0.318. The molecular formula is C11H17NO3S. The summed E-state index contributed by atoms with van der Waals surface area (Å²) in [5, 5.41) is 0. The smallest absolute Gasteiger partial charge is 0.180 e. The van der Waals surface area contributed by atoms with E-state index in [9.17, 15) is 8.42 Å². The summed E-state index contributed by atoms with van der Waals surface area (Å²) >= 11 is 0. The molecule has 0 saturated heterocycles. The Hall–Kier alpha value is -1.23. The van der Waals surface area contributed by atoms with Crippen LogP contribution in [-0.2, 0) is 9.84 Å². The number of nitrogens with two attached hydrogens (primary N) is 1. The lowest BCUT2D eigenvalue weighted by Gasteiger charge is -2.11. The summed E-state index contributed by atoms with van der Waals surface area (Å²) in [4.78, 5) is 0.156. The van der Waals surface area contributed by atoms with Crippen LogP contribution in [0.1, 0.15) is 20.3 Å². The number of ether oxygens (including phenoxy) is 1. The second-order valence-electron chi connectivity index (χ2n) is 3.42. The van der Waals surface area contributed by atoms with E-state index >= 15 is 0 Å². The normalized spacial score (nSPS) is 11.4. The van der Waals surface area contributed by atoms with Gasteiger partial charge in [-0.25, -0.2) is 8.42 Å². The minimum absolute atomic E-state index is 0.0361. The first-order valence-electron chi connectivity index (χ1n) is 5.27. The number of nitrogen functional groups attached to an aromatic ring is 1. The van der Waals surface area contributed by atoms with Crippen LogP contribution in [0.15, 0.2) is 23.1 Å². The quantitative estimate of drug-likeness (QED) is 0.801. The maximum absolute atomic E-state index is 11.7. The zero-order chi connectivity index (χ0) is 12.2. The fraction of sp³-hybridized carbons (Fsp3) is 0.455. The SMILES string of the molecule is CCCOc1cccc(S(=O)(=O)CC)c1N. The second kappa shape index (κ2) is 5.21. The molecule has 0 aromatic heterocycles. The third kappa shape index (κ3) is 2.66. The Morgan fingerprint density at radius 2 is 2.00 bits per heavy atom. The van der Waals surface area contributed by atoms with Crippen molar-refractivity contribution in [3.05, 3.63) is 18.2 Å². The highest BCUT2D eigenvalue weighted by Crippen LogP contribution is 2.29. The highest BCUT2D eigenvalue weighted by Gasteiger charge is 2.17. The van der Waals surface area contributed by atoms with Crippen LogP contribution in [0.4, 0.5) is 5.69 Å². The van der Waals surface area contributed by atoms with Crippen molar-refractivity contribution >= 4 is 15.5 Å². The minimum Gasteiger partial charge on any atom is -0.491 e. The number of rotatable bonds is 5. The molecule has 90 valence electrons. The standard InChI is InChI=1S/C11H17NO3S/c1-3-8-15-9-6-5-7-10(11(9)12)16(13,14)4-2/h5-7H,3-4,8,12H2,1-2H3. The van der Waals surface area contributed by atoms with Crippen molar-refractivity contribution in [1.82, 2.24) is 0 Å². The van der Waals surface area contributed by atoms with E-state index in [-0.39, 0.29) is 16.3 Å². The molecule has 0 aliphatic carbocycles. The van der Waals surface area contributed by atoms with Crippen molar-refractivity contribution in [3.63, 3.8) is 0 Å². The summed E-state index contributed by atoms with van der Waals surface area (Å²) in [7, 11) is -3.28. The number of hydrogen-bond donors (Lipinski definition) is 1. The molecule has 0 aliphatic heterocycles. The van der Waals surface area contributed by atoms with Gasteiger partial charge in [-0.1, -0.05) is 19.9 Å². The van der Waals surface area contributed by atoms with Gasteiger partial charge in [0.15, 0.2) is 9.84 Å². The molecule has 0 heterocycles. The highest BCUT2D eigenvalue weighted by molar-refractivity contribution is 7.91. The van der Waals surface area contributed by atoms with Crippen LogP contribution in [0.3, 0.4) is 0 Å². The number of para-hydroxylation sites is 1. The Kier molecular flexibility index (Phi) is 4.18. The van der Waals surface area contributed by atoms with Crippen LogP contribution in [0.2, 0.25) is 0 Å². The molecule has 1 aromatic carbocycles. The number of sulfone groups is 1. The van der Waals surface area contributed by atoms with Crippen molar-refractivity contribution in [2.24, 2.45) is 0 Å². The Morgan fingerprint density at radius 3 is 2.56 bits per heavy atom. The molecule has 0 aliphatic rings. The molecule has 0 unspecified atom stereocenters. The van der Waals surface area contributed by atoms with Gasteiger partial charge in [-0.2, -0.15) is 0 Å². The summed E-state index contributed by atoms with van der Waals surface area (Å²) < 4.78 is 28.8. The molecule has 16 heavy (non-hydrogen) atoms. The van der Waals surface area contributed by atoms with E-state index in [1.807, 2.05) is 6.92 Å². The van der Waals surface area contributed by atoms with Gasteiger partial charge < -0.3 is 10.5 Å². The molecule has 4 nitrogen and oxygen atoms in total. The van der Waals surface area contributed by atoms with Gasteiger partial charge in [0.05, 0.1) is 22.9 Å². The van der Waals surface area contributed by atoms with Crippen LogP contribution in [-0.4, -0.2) is 20.8 Å². The van der Waals surface area contributed by atoms with Crippen LogP contribution in [0, 0.1) is 0 Å². The summed E-state index contributed by atoms with van der Waals surface area (Å²) in [6.45, 7) is 4.09. The first-order valence-corrected chi connectivity index (χ1v) is 6.92. The Labute approximate surface area is 96.3 Å². The number of benzene rings is 1. The van der Waals surface area contributed by atoms with E-state index in [2.05, 4.69) is 0 Å². The van der Waals surface area contributed by atoms with Gasteiger partial charge in [-0.3, -0.25) is 0 Å². The summed E-state index contributed by atoms with van der Waals surface area (Å²) in [5.74, 6) is 0.477. The van der Waals surface area contributed by atoms with E-state index in [4.69, 9.17) is 10.5 Å². The van der Waals surface area contributed by atoms with Crippen LogP contribution < -0.4 is 10.5 Å². The van der Waals surface area contributed by atoms with Crippen LogP contribution >= 0.6 is 0 Å². The third-order valence-corrected chi connectivity index (χ3v) is 3.99. The topological polar surface area (TPSA) is 69.4 Å². The summed E-state index contributed by atoms with van der Waals surface area (Å²) in [6.07, 6.45) is 0.851. The van der Waals surface area contributed by atoms with Crippen molar-refractivity contribution in [2.75, 3.05) is 18.1 Å². The molecule has 5 heteroatoms. The zero-order valence-electron chi connectivity index (χ0n) is 9.56. The first-order chi connectivity index (χ1) is 7.53. The summed E-state index contributed by atoms with van der Waals surface area (Å²) in [5.41, 5.74) is 5.99. The molecule has 0 saturated carbocycles. The average Bonchev–Trinajstić information content (AvgIpc) is 2.27. The molecule has 0 atom stereocenters. The lowest BCUT2D eigenvalue weighted by atomic mass is 10.3. The number of hydrogen-bond acceptors (Lipinski definition) is 4.